The molecule has 1 aromatic carbocycles. The highest BCUT2D eigenvalue weighted by Gasteiger charge is 2.29. The number of aromatic nitrogens is 1. The predicted molar refractivity (Wildman–Crippen MR) is 97.3 cm³/mol. The minimum atomic E-state index is -0.904. The molecule has 1 saturated heterocycles. The number of carbonyl (C=O) groups excluding carboxylic acids is 1. The molecule has 132 valence electrons. The highest BCUT2D eigenvalue weighted by molar-refractivity contribution is 7.99. The van der Waals surface area contributed by atoms with Crippen LogP contribution < -0.4 is 4.74 Å². The van der Waals surface area contributed by atoms with Crippen LogP contribution in [0.5, 0.6) is 5.75 Å². The van der Waals surface area contributed by atoms with Crippen molar-refractivity contribution >= 4 is 46.1 Å². The van der Waals surface area contributed by atoms with E-state index in [-0.39, 0.29) is 25.0 Å². The molecule has 25 heavy (non-hydrogen) atoms. The van der Waals surface area contributed by atoms with Crippen LogP contribution in [0.1, 0.15) is 6.42 Å². The monoisotopic (exact) mass is 380 g/mol. The SMILES string of the molecule is O=C(O)CC1CSCCN1C(=O)COc1ccc(Cl)c2cccnc12. The van der Waals surface area contributed by atoms with Crippen molar-refractivity contribution in [2.75, 3.05) is 24.7 Å². The minimum absolute atomic E-state index is 0.0514. The number of nitrogens with zero attached hydrogens (tertiary/aromatic N) is 2. The van der Waals surface area contributed by atoms with Crippen LogP contribution in [-0.4, -0.2) is 57.6 Å². The molecule has 1 amide bonds. The summed E-state index contributed by atoms with van der Waals surface area (Å²) in [7, 11) is 0. The second-order valence-electron chi connectivity index (χ2n) is 5.65. The first kappa shape index (κ1) is 17.8. The third-order valence-electron chi connectivity index (χ3n) is 3.99. The van der Waals surface area contributed by atoms with Crippen LogP contribution in [0.25, 0.3) is 10.9 Å². The van der Waals surface area contributed by atoms with E-state index < -0.39 is 5.97 Å². The Bertz CT molecular complexity index is 801. The molecule has 1 unspecified atom stereocenters. The highest BCUT2D eigenvalue weighted by atomic mass is 35.5. The number of halogens is 1. The van der Waals surface area contributed by atoms with Gasteiger partial charge in [-0.15, -0.1) is 0 Å². The lowest BCUT2D eigenvalue weighted by atomic mass is 10.2. The lowest BCUT2D eigenvalue weighted by molar-refractivity contribution is -0.141. The number of hydrogen-bond acceptors (Lipinski definition) is 5. The molecule has 0 radical (unpaired) electrons. The third kappa shape index (κ3) is 4.16. The average molecular weight is 381 g/mol. The first-order valence-electron chi connectivity index (χ1n) is 7.81. The van der Waals surface area contributed by atoms with Crippen molar-refractivity contribution in [1.29, 1.82) is 0 Å². The number of thioether (sulfide) groups is 1. The summed E-state index contributed by atoms with van der Waals surface area (Å²) in [6.45, 7) is 0.374. The Balaban J connectivity index is 1.71. The van der Waals surface area contributed by atoms with Gasteiger partial charge in [0.15, 0.2) is 6.61 Å². The Morgan fingerprint density at radius 1 is 1.40 bits per heavy atom. The molecule has 1 atom stereocenters. The summed E-state index contributed by atoms with van der Waals surface area (Å²) in [6.07, 6.45) is 1.59. The van der Waals surface area contributed by atoms with Crippen LogP contribution >= 0.6 is 23.4 Å². The van der Waals surface area contributed by atoms with E-state index >= 15 is 0 Å². The number of hydrogen-bond donors (Lipinski definition) is 1. The van der Waals surface area contributed by atoms with Crippen molar-refractivity contribution in [1.82, 2.24) is 9.88 Å². The zero-order chi connectivity index (χ0) is 17.8. The van der Waals surface area contributed by atoms with Gasteiger partial charge in [-0.25, -0.2) is 0 Å². The van der Waals surface area contributed by atoms with E-state index in [4.69, 9.17) is 21.4 Å². The van der Waals surface area contributed by atoms with E-state index in [1.807, 2.05) is 6.07 Å². The van der Waals surface area contributed by atoms with Gasteiger partial charge in [0.1, 0.15) is 11.3 Å². The first-order chi connectivity index (χ1) is 12.1. The van der Waals surface area contributed by atoms with E-state index in [1.165, 1.54) is 0 Å². The van der Waals surface area contributed by atoms with Gasteiger partial charge >= 0.3 is 5.97 Å². The molecule has 0 saturated carbocycles. The van der Waals surface area contributed by atoms with Crippen molar-refractivity contribution in [3.05, 3.63) is 35.5 Å². The summed E-state index contributed by atoms with van der Waals surface area (Å²) < 4.78 is 5.68. The van der Waals surface area contributed by atoms with Crippen molar-refractivity contribution in [3.8, 4) is 5.75 Å². The number of pyridine rings is 1. The van der Waals surface area contributed by atoms with Crippen molar-refractivity contribution in [2.45, 2.75) is 12.5 Å². The molecular weight excluding hydrogens is 364 g/mol. The molecule has 0 spiro atoms. The van der Waals surface area contributed by atoms with Crippen LogP contribution in [-0.2, 0) is 9.59 Å². The van der Waals surface area contributed by atoms with Gasteiger partial charge in [-0.2, -0.15) is 11.8 Å². The molecule has 1 aliphatic rings. The molecule has 0 bridgehead atoms. The first-order valence-corrected chi connectivity index (χ1v) is 9.34. The smallest absolute Gasteiger partial charge is 0.305 e. The minimum Gasteiger partial charge on any atom is -0.481 e. The van der Waals surface area contributed by atoms with Gasteiger partial charge in [0.2, 0.25) is 0 Å². The normalized spacial score (nSPS) is 17.5. The Labute approximate surface area is 154 Å². The Morgan fingerprint density at radius 2 is 2.24 bits per heavy atom. The summed E-state index contributed by atoms with van der Waals surface area (Å²) in [6, 6.07) is 6.71. The van der Waals surface area contributed by atoms with E-state index in [0.29, 0.717) is 28.6 Å². The second-order valence-corrected chi connectivity index (χ2v) is 7.20. The Kier molecular flexibility index (Phi) is 5.65. The number of fused-ring (bicyclic) bond motifs is 1. The number of ether oxygens (including phenoxy) is 1. The zero-order valence-corrected chi connectivity index (χ0v) is 14.9. The predicted octanol–water partition coefficient (Wildman–Crippen LogP) is 2.69. The van der Waals surface area contributed by atoms with E-state index in [0.717, 1.165) is 11.1 Å². The second kappa shape index (κ2) is 7.93. The van der Waals surface area contributed by atoms with Crippen LogP contribution in [0, 0.1) is 0 Å². The maximum absolute atomic E-state index is 12.5. The quantitative estimate of drug-likeness (QED) is 0.859. The third-order valence-corrected chi connectivity index (χ3v) is 5.41. The largest absolute Gasteiger partial charge is 0.481 e. The molecule has 6 nitrogen and oxygen atoms in total. The maximum atomic E-state index is 12.5. The summed E-state index contributed by atoms with van der Waals surface area (Å²) in [4.78, 5) is 29.4. The fourth-order valence-electron chi connectivity index (χ4n) is 2.80. The fraction of sp³-hybridized carbons (Fsp3) is 0.353. The molecule has 2 heterocycles. The van der Waals surface area contributed by atoms with Crippen molar-refractivity contribution < 1.29 is 19.4 Å². The molecule has 2 aromatic rings. The topological polar surface area (TPSA) is 79.7 Å². The number of benzene rings is 1. The molecule has 1 aliphatic heterocycles. The lowest BCUT2D eigenvalue weighted by Gasteiger charge is -2.34. The van der Waals surface area contributed by atoms with Gasteiger partial charge in [-0.1, -0.05) is 11.6 Å². The molecule has 1 aromatic heterocycles. The molecule has 0 aliphatic carbocycles. The molecule has 3 rings (SSSR count). The summed E-state index contributed by atoms with van der Waals surface area (Å²) in [5, 5.41) is 10.3. The standard InChI is InChI=1S/C17H17ClN2O4S/c18-13-3-4-14(17-12(13)2-1-5-19-17)24-9-15(21)20-6-7-25-10-11(20)8-16(22)23/h1-5,11H,6-10H2,(H,22,23). The number of carboxylic acid groups (broad SMARTS) is 1. The van der Waals surface area contributed by atoms with E-state index in [1.54, 1.807) is 41.1 Å². The molecule has 1 N–H and O–H groups in total. The highest BCUT2D eigenvalue weighted by Crippen LogP contribution is 2.29. The van der Waals surface area contributed by atoms with Gasteiger partial charge < -0.3 is 14.7 Å². The molecule has 1 fully saturated rings. The van der Waals surface area contributed by atoms with Crippen LogP contribution in [0.15, 0.2) is 30.5 Å². The van der Waals surface area contributed by atoms with Crippen molar-refractivity contribution in [3.63, 3.8) is 0 Å². The lowest BCUT2D eigenvalue weighted by Crippen LogP contribution is -2.48. The van der Waals surface area contributed by atoms with Gasteiger partial charge in [-0.05, 0) is 24.3 Å². The number of carbonyl (C=O) groups is 2. The summed E-state index contributed by atoms with van der Waals surface area (Å²) in [5.74, 6) is 0.788. The Hall–Kier alpha value is -1.99. The van der Waals surface area contributed by atoms with Crippen LogP contribution in [0.2, 0.25) is 5.02 Å². The molecular formula is C17H17ClN2O4S. The summed E-state index contributed by atoms with van der Waals surface area (Å²) >= 11 is 7.81. The number of aliphatic carboxylic acids is 1. The maximum Gasteiger partial charge on any atom is 0.305 e. The van der Waals surface area contributed by atoms with Gasteiger partial charge in [0.05, 0.1) is 17.5 Å². The zero-order valence-electron chi connectivity index (χ0n) is 13.4. The Morgan fingerprint density at radius 3 is 3.04 bits per heavy atom. The van der Waals surface area contributed by atoms with Crippen molar-refractivity contribution in [2.24, 2.45) is 0 Å². The van der Waals surface area contributed by atoms with Crippen LogP contribution in [0.3, 0.4) is 0 Å². The number of rotatable bonds is 5. The van der Waals surface area contributed by atoms with E-state index in [2.05, 4.69) is 4.98 Å². The number of carboxylic acids is 1. The number of amides is 1. The molecule has 8 heteroatoms. The van der Waals surface area contributed by atoms with Gasteiger partial charge in [0.25, 0.3) is 5.91 Å². The van der Waals surface area contributed by atoms with Crippen LogP contribution in [0.4, 0.5) is 0 Å². The van der Waals surface area contributed by atoms with E-state index in [9.17, 15) is 9.59 Å². The van der Waals surface area contributed by atoms with Gasteiger partial charge in [0, 0.05) is 29.6 Å². The summed E-state index contributed by atoms with van der Waals surface area (Å²) in [5.41, 5.74) is 0.596. The van der Waals surface area contributed by atoms with Gasteiger partial charge in [-0.3, -0.25) is 14.6 Å². The fourth-order valence-corrected chi connectivity index (χ4v) is 4.08. The average Bonchev–Trinajstić information content (AvgIpc) is 2.61.